The Labute approximate surface area is 93.6 Å². The maximum atomic E-state index is 10.7. The second-order valence-corrected chi connectivity index (χ2v) is 3.67. The number of ether oxygens (including phenoxy) is 1. The maximum absolute atomic E-state index is 10.7. The van der Waals surface area contributed by atoms with Gasteiger partial charge in [-0.2, -0.15) is 0 Å². The Balaban J connectivity index is 2.80. The fourth-order valence-corrected chi connectivity index (χ4v) is 1.28. The van der Waals surface area contributed by atoms with Crippen LogP contribution in [-0.2, 0) is 4.79 Å². The minimum Gasteiger partial charge on any atom is -0.479 e. The van der Waals surface area contributed by atoms with Crippen LogP contribution in [0, 0.1) is 6.92 Å². The van der Waals surface area contributed by atoms with Gasteiger partial charge < -0.3 is 9.84 Å². The van der Waals surface area contributed by atoms with Crippen LogP contribution in [0.5, 0.6) is 5.75 Å². The summed E-state index contributed by atoms with van der Waals surface area (Å²) in [5, 5.41) is 9.45. The van der Waals surface area contributed by atoms with E-state index in [1.807, 2.05) is 6.92 Å². The molecule has 15 heavy (non-hydrogen) atoms. The molecule has 0 amide bonds. The Morgan fingerprint density at radius 2 is 2.27 bits per heavy atom. The van der Waals surface area contributed by atoms with E-state index in [9.17, 15) is 4.79 Å². The van der Waals surface area contributed by atoms with Crippen LogP contribution in [-0.4, -0.2) is 17.2 Å². The number of aliphatic carboxylic acids is 1. The maximum Gasteiger partial charge on any atom is 0.344 e. The molecule has 1 N–H and O–H groups in total. The number of benzene rings is 1. The van der Waals surface area contributed by atoms with Gasteiger partial charge in [0, 0.05) is 5.02 Å². The minimum absolute atomic E-state index is 0.428. The molecule has 0 aliphatic carbocycles. The molecule has 0 saturated carbocycles. The first-order valence-corrected chi connectivity index (χ1v) is 5.08. The minimum atomic E-state index is -0.954. The zero-order valence-corrected chi connectivity index (χ0v) is 9.41. The van der Waals surface area contributed by atoms with Crippen molar-refractivity contribution in [2.45, 2.75) is 26.4 Å². The van der Waals surface area contributed by atoms with Crippen LogP contribution < -0.4 is 4.74 Å². The van der Waals surface area contributed by atoms with Crippen molar-refractivity contribution in [2.75, 3.05) is 0 Å². The van der Waals surface area contributed by atoms with E-state index >= 15 is 0 Å². The standard InChI is InChI=1S/C11H13ClO3/c1-3-10(11(13)14)15-8-4-5-9(12)7(2)6-8/h4-6,10H,3H2,1-2H3,(H,13,14)/t10-/m1/s1. The fraction of sp³-hybridized carbons (Fsp3) is 0.364. The second kappa shape index (κ2) is 5.03. The zero-order chi connectivity index (χ0) is 11.4. The molecule has 82 valence electrons. The lowest BCUT2D eigenvalue weighted by atomic mass is 10.2. The van der Waals surface area contributed by atoms with Crippen molar-refractivity contribution >= 4 is 17.6 Å². The van der Waals surface area contributed by atoms with Crippen LogP contribution in [0.2, 0.25) is 5.02 Å². The van der Waals surface area contributed by atoms with E-state index < -0.39 is 12.1 Å². The summed E-state index contributed by atoms with van der Waals surface area (Å²) in [5.74, 6) is -0.420. The first-order valence-electron chi connectivity index (χ1n) is 4.70. The zero-order valence-electron chi connectivity index (χ0n) is 8.66. The van der Waals surface area contributed by atoms with Gasteiger partial charge in [-0.15, -0.1) is 0 Å². The molecule has 0 unspecified atom stereocenters. The third-order valence-electron chi connectivity index (χ3n) is 2.05. The van der Waals surface area contributed by atoms with Gasteiger partial charge in [0.15, 0.2) is 6.10 Å². The number of carbonyl (C=O) groups is 1. The predicted molar refractivity (Wildman–Crippen MR) is 58.5 cm³/mol. The van der Waals surface area contributed by atoms with Gasteiger partial charge in [0.2, 0.25) is 0 Å². The van der Waals surface area contributed by atoms with Crippen molar-refractivity contribution in [3.05, 3.63) is 28.8 Å². The third-order valence-corrected chi connectivity index (χ3v) is 2.48. The lowest BCUT2D eigenvalue weighted by Crippen LogP contribution is -2.25. The molecule has 1 aromatic rings. The molecular weight excluding hydrogens is 216 g/mol. The van der Waals surface area contributed by atoms with Gasteiger partial charge in [0.05, 0.1) is 0 Å². The van der Waals surface area contributed by atoms with Crippen molar-refractivity contribution in [3.63, 3.8) is 0 Å². The number of hydrogen-bond donors (Lipinski definition) is 1. The van der Waals surface area contributed by atoms with Crippen LogP contribution in [0.3, 0.4) is 0 Å². The molecule has 0 heterocycles. The Kier molecular flexibility index (Phi) is 3.97. The number of rotatable bonds is 4. The predicted octanol–water partition coefficient (Wildman–Crippen LogP) is 2.89. The van der Waals surface area contributed by atoms with Gasteiger partial charge >= 0.3 is 5.97 Å². The van der Waals surface area contributed by atoms with Crippen molar-refractivity contribution < 1.29 is 14.6 Å². The number of carboxylic acids is 1. The quantitative estimate of drug-likeness (QED) is 0.862. The summed E-state index contributed by atoms with van der Waals surface area (Å²) in [6.45, 7) is 3.61. The molecular formula is C11H13ClO3. The Morgan fingerprint density at radius 3 is 2.73 bits per heavy atom. The average Bonchev–Trinajstić information content (AvgIpc) is 2.19. The number of hydrogen-bond acceptors (Lipinski definition) is 2. The highest BCUT2D eigenvalue weighted by Gasteiger charge is 2.16. The summed E-state index contributed by atoms with van der Waals surface area (Å²) >= 11 is 5.84. The summed E-state index contributed by atoms with van der Waals surface area (Å²) < 4.78 is 5.30. The Bertz CT molecular complexity index is 363. The smallest absolute Gasteiger partial charge is 0.344 e. The molecule has 0 spiro atoms. The topological polar surface area (TPSA) is 46.5 Å². The van der Waals surface area contributed by atoms with Crippen LogP contribution in [0.4, 0.5) is 0 Å². The Morgan fingerprint density at radius 1 is 1.60 bits per heavy atom. The molecule has 0 radical (unpaired) electrons. The van der Waals surface area contributed by atoms with E-state index in [1.165, 1.54) is 0 Å². The third kappa shape index (κ3) is 3.13. The summed E-state index contributed by atoms with van der Waals surface area (Å²) in [6.07, 6.45) is -0.373. The van der Waals surface area contributed by atoms with Gasteiger partial charge in [-0.25, -0.2) is 4.79 Å². The molecule has 1 rings (SSSR count). The second-order valence-electron chi connectivity index (χ2n) is 3.26. The van der Waals surface area contributed by atoms with Crippen LogP contribution >= 0.6 is 11.6 Å². The van der Waals surface area contributed by atoms with Gasteiger partial charge in [-0.05, 0) is 37.1 Å². The summed E-state index contributed by atoms with van der Waals surface area (Å²) in [7, 11) is 0. The van der Waals surface area contributed by atoms with Gasteiger partial charge in [-0.3, -0.25) is 0 Å². The van der Waals surface area contributed by atoms with E-state index in [2.05, 4.69) is 0 Å². The first kappa shape index (κ1) is 11.9. The molecule has 0 aliphatic heterocycles. The van der Waals surface area contributed by atoms with Gasteiger partial charge in [0.1, 0.15) is 5.75 Å². The largest absolute Gasteiger partial charge is 0.479 e. The van der Waals surface area contributed by atoms with Crippen LogP contribution in [0.15, 0.2) is 18.2 Å². The molecule has 0 saturated heterocycles. The highest BCUT2D eigenvalue weighted by Crippen LogP contribution is 2.22. The van der Waals surface area contributed by atoms with Gasteiger partial charge in [0.25, 0.3) is 0 Å². The van der Waals surface area contributed by atoms with Crippen LogP contribution in [0.25, 0.3) is 0 Å². The lowest BCUT2D eigenvalue weighted by molar-refractivity contribution is -0.145. The molecule has 0 aromatic heterocycles. The first-order chi connectivity index (χ1) is 7.04. The van der Waals surface area contributed by atoms with E-state index in [0.717, 1.165) is 5.56 Å². The Hall–Kier alpha value is -1.22. The van der Waals surface area contributed by atoms with E-state index in [0.29, 0.717) is 17.2 Å². The molecule has 0 bridgehead atoms. The van der Waals surface area contributed by atoms with E-state index in [-0.39, 0.29) is 0 Å². The molecule has 1 aromatic carbocycles. The number of carboxylic acid groups (broad SMARTS) is 1. The number of aryl methyl sites for hydroxylation is 1. The lowest BCUT2D eigenvalue weighted by Gasteiger charge is -2.13. The van der Waals surface area contributed by atoms with Crippen molar-refractivity contribution in [3.8, 4) is 5.75 Å². The van der Waals surface area contributed by atoms with Gasteiger partial charge in [-0.1, -0.05) is 18.5 Å². The van der Waals surface area contributed by atoms with Crippen LogP contribution in [0.1, 0.15) is 18.9 Å². The molecule has 3 nitrogen and oxygen atoms in total. The van der Waals surface area contributed by atoms with E-state index in [4.69, 9.17) is 21.4 Å². The SMILES string of the molecule is CC[C@@H](Oc1ccc(Cl)c(C)c1)C(=O)O. The molecule has 4 heteroatoms. The summed E-state index contributed by atoms with van der Waals surface area (Å²) in [6, 6.07) is 5.09. The highest BCUT2D eigenvalue weighted by atomic mass is 35.5. The monoisotopic (exact) mass is 228 g/mol. The fourth-order valence-electron chi connectivity index (χ4n) is 1.16. The van der Waals surface area contributed by atoms with Crippen molar-refractivity contribution in [2.24, 2.45) is 0 Å². The van der Waals surface area contributed by atoms with Crippen molar-refractivity contribution in [1.82, 2.24) is 0 Å². The molecule has 0 fully saturated rings. The van der Waals surface area contributed by atoms with Crippen molar-refractivity contribution in [1.29, 1.82) is 0 Å². The molecule has 1 atom stereocenters. The average molecular weight is 229 g/mol. The highest BCUT2D eigenvalue weighted by molar-refractivity contribution is 6.31. The van der Waals surface area contributed by atoms with E-state index in [1.54, 1.807) is 25.1 Å². The summed E-state index contributed by atoms with van der Waals surface area (Å²) in [4.78, 5) is 10.7. The normalized spacial score (nSPS) is 12.2. The molecule has 0 aliphatic rings. The number of halogens is 1. The summed E-state index contributed by atoms with van der Waals surface area (Å²) in [5.41, 5.74) is 0.870.